The molecule has 2 aromatic heterocycles. The summed E-state index contributed by atoms with van der Waals surface area (Å²) in [7, 11) is 0. The number of unbranched alkanes of at least 4 members (excludes halogenated alkanes) is 19. The van der Waals surface area contributed by atoms with Gasteiger partial charge in [0, 0.05) is 39.3 Å². The van der Waals surface area contributed by atoms with Crippen molar-refractivity contribution in [1.29, 1.82) is 10.5 Å². The lowest BCUT2D eigenvalue weighted by Crippen LogP contribution is -2.54. The molecule has 0 aromatic carbocycles. The molecule has 0 aliphatic rings. The van der Waals surface area contributed by atoms with Gasteiger partial charge in [0.1, 0.15) is 13.2 Å². The molecule has 0 atom stereocenters. The van der Waals surface area contributed by atoms with Crippen LogP contribution >= 0.6 is 0 Å². The number of hydrogen-bond acceptors (Lipinski definition) is 17. The maximum Gasteiger partial charge on any atom is 0.425 e. The summed E-state index contributed by atoms with van der Waals surface area (Å²) in [6.45, 7) is 6.02. The fraction of sp³-hybridized carbons (Fsp3) is 0.771. The number of hydrogen-bond donors (Lipinski definition) is 0. The van der Waals surface area contributed by atoms with Gasteiger partial charge in [-0.25, -0.2) is 81.2 Å². The summed E-state index contributed by atoms with van der Waals surface area (Å²) in [5, 5.41) is 16.8. The van der Waals surface area contributed by atoms with Gasteiger partial charge in [-0.2, -0.15) is 10.5 Å². The van der Waals surface area contributed by atoms with Crippen molar-refractivity contribution in [3.63, 3.8) is 0 Å². The zero-order valence-electron chi connectivity index (χ0n) is 41.4. The molecule has 2 aromatic rings. The van der Waals surface area contributed by atoms with Gasteiger partial charge < -0.3 is 13.9 Å². The molecule has 0 aliphatic carbocycles. The summed E-state index contributed by atoms with van der Waals surface area (Å²) in [5.41, 5.74) is -2.07. The van der Waals surface area contributed by atoms with E-state index < -0.39 is 22.8 Å². The number of ether oxygens (including phenoxy) is 2. The highest BCUT2D eigenvalue weighted by molar-refractivity contribution is 5.33. The number of aromatic nitrogens is 5. The van der Waals surface area contributed by atoms with E-state index in [-0.39, 0.29) is 37.6 Å². The van der Waals surface area contributed by atoms with E-state index >= 15 is 0 Å². The Balaban J connectivity index is 0.000000701. The fourth-order valence-corrected chi connectivity index (χ4v) is 7.40. The van der Waals surface area contributed by atoms with Crippen molar-refractivity contribution in [3.05, 3.63) is 58.2 Å². The van der Waals surface area contributed by atoms with Crippen molar-refractivity contribution < 1.29 is 28.3 Å². The Kier molecular flexibility index (Phi) is 37.5. The van der Waals surface area contributed by atoms with Crippen molar-refractivity contribution in [2.24, 2.45) is 20.0 Å². The number of rotatable bonds is 41. The number of nitrogens with zero attached hydrogens (tertiary/aromatic N) is 11. The highest BCUT2D eigenvalue weighted by Crippen LogP contribution is 2.06. The first-order valence-corrected chi connectivity index (χ1v) is 25.2. The van der Waals surface area contributed by atoms with Gasteiger partial charge in [0.05, 0.1) is 19.6 Å². The minimum Gasteiger partial charge on any atom is -0.428 e. The Labute approximate surface area is 409 Å². The number of nitriles is 2. The molecule has 22 nitrogen and oxygen atoms in total. The van der Waals surface area contributed by atoms with Gasteiger partial charge in [0.25, 0.3) is 12.5 Å². The average molecular weight is 982 g/mol. The molecule has 0 saturated heterocycles. The molecule has 388 valence electrons. The summed E-state index contributed by atoms with van der Waals surface area (Å²) in [5.74, 6) is -0.676. The molecule has 0 amide bonds. The van der Waals surface area contributed by atoms with Gasteiger partial charge in [-0.1, -0.05) is 84.0 Å². The lowest BCUT2D eigenvalue weighted by Gasteiger charge is -2.14. The van der Waals surface area contributed by atoms with Gasteiger partial charge in [0.2, 0.25) is 18.2 Å². The molecular weight excluding hydrogens is 907 g/mol. The first-order valence-electron chi connectivity index (χ1n) is 25.2. The van der Waals surface area contributed by atoms with Crippen LogP contribution in [0.5, 0.6) is 0 Å². The molecule has 0 unspecified atom stereocenters. The van der Waals surface area contributed by atoms with Crippen LogP contribution in [0.1, 0.15) is 167 Å². The van der Waals surface area contributed by atoms with E-state index in [0.717, 1.165) is 134 Å². The van der Waals surface area contributed by atoms with Gasteiger partial charge >= 0.3 is 34.2 Å². The van der Waals surface area contributed by atoms with E-state index in [2.05, 4.69) is 36.4 Å². The normalized spacial score (nSPS) is 10.8. The highest BCUT2D eigenvalue weighted by Gasteiger charge is 2.16. The van der Waals surface area contributed by atoms with Gasteiger partial charge in [0.15, 0.2) is 0 Å². The second-order valence-corrected chi connectivity index (χ2v) is 16.7. The summed E-state index contributed by atoms with van der Waals surface area (Å²) in [6.07, 6.45) is 28.2. The summed E-state index contributed by atoms with van der Waals surface area (Å²) >= 11 is 0. The minimum atomic E-state index is -0.676. The molecule has 0 saturated carbocycles. The Hall–Kier alpha value is -6.46. The first-order chi connectivity index (χ1) is 34.2. The summed E-state index contributed by atoms with van der Waals surface area (Å²) in [4.78, 5) is 110. The lowest BCUT2D eigenvalue weighted by atomic mass is 10.2. The van der Waals surface area contributed by atoms with Gasteiger partial charge in [-0.3, -0.25) is 0 Å². The number of isocyanates is 3. The van der Waals surface area contributed by atoms with E-state index in [1.807, 2.05) is 0 Å². The standard InChI is InChI=1S/C24H36N6O6.C24H39N5O5/c25-19-36-18-12-6-5-11-17-30-23(34)28(15-9-3-1-7-13-26-20-31)22(33)29(24(30)35)16-10-4-2-8-14-27-21-32;1-2-3-4-5-11-16-27-22-28(17-12-8-9-14-19-33-20-25)23(31)29(24(32)34-22)18-13-7-6-10-15-26-21-30/h1-18H2;2-19H2,1H3. The quantitative estimate of drug-likeness (QED) is 0.0347. The monoisotopic (exact) mass is 982 g/mol. The average Bonchev–Trinajstić information content (AvgIpc) is 3.35. The fourth-order valence-electron chi connectivity index (χ4n) is 7.40. The highest BCUT2D eigenvalue weighted by atomic mass is 16.5. The van der Waals surface area contributed by atoms with E-state index in [1.54, 1.807) is 12.5 Å². The second kappa shape index (κ2) is 42.6. The molecule has 2 heterocycles. The Bertz CT molecular complexity index is 2300. The molecule has 2 rings (SSSR count). The Morgan fingerprint density at radius 2 is 0.729 bits per heavy atom. The van der Waals surface area contributed by atoms with E-state index in [9.17, 15) is 38.4 Å². The number of aliphatic imine (C=N–C) groups is 3. The van der Waals surface area contributed by atoms with E-state index in [1.165, 1.54) is 35.6 Å². The van der Waals surface area contributed by atoms with E-state index in [0.29, 0.717) is 78.0 Å². The van der Waals surface area contributed by atoms with E-state index in [4.69, 9.17) is 14.9 Å². The maximum atomic E-state index is 13.1. The van der Waals surface area contributed by atoms with Crippen LogP contribution in [-0.4, -0.2) is 80.5 Å². The summed E-state index contributed by atoms with van der Waals surface area (Å²) in [6, 6.07) is 0. The topological polar surface area (TPSA) is 290 Å². The van der Waals surface area contributed by atoms with Crippen LogP contribution in [0.3, 0.4) is 0 Å². The van der Waals surface area contributed by atoms with Crippen LogP contribution in [-0.2, 0) is 56.6 Å². The molecule has 70 heavy (non-hydrogen) atoms. The third kappa shape index (κ3) is 27.5. The molecule has 0 bridgehead atoms. The summed E-state index contributed by atoms with van der Waals surface area (Å²) < 4.78 is 20.8. The zero-order valence-corrected chi connectivity index (χ0v) is 41.4. The van der Waals surface area contributed by atoms with Gasteiger partial charge in [-0.05, 0) is 83.5 Å². The third-order valence-corrected chi connectivity index (χ3v) is 11.3. The van der Waals surface area contributed by atoms with Crippen molar-refractivity contribution in [3.8, 4) is 12.5 Å². The molecule has 0 fully saturated rings. The molecular formula is C48H75N11O11. The molecule has 0 radical (unpaired) electrons. The zero-order chi connectivity index (χ0) is 51.3. The molecule has 0 aliphatic heterocycles. The van der Waals surface area contributed by atoms with Crippen molar-refractivity contribution in [2.45, 2.75) is 200 Å². The van der Waals surface area contributed by atoms with Gasteiger partial charge in [-0.15, -0.1) is 0 Å². The van der Waals surface area contributed by atoms with Crippen LogP contribution in [0.25, 0.3) is 0 Å². The van der Waals surface area contributed by atoms with Crippen LogP contribution in [0.4, 0.5) is 0 Å². The first kappa shape index (κ1) is 61.6. The van der Waals surface area contributed by atoms with Crippen molar-refractivity contribution >= 4 is 18.2 Å². The van der Waals surface area contributed by atoms with Crippen molar-refractivity contribution in [2.75, 3.05) is 39.4 Å². The predicted octanol–water partition coefficient (Wildman–Crippen LogP) is 5.45. The SMILES string of the molecule is CCCCCCCN=c1oc(=O)n(CCCCCCN=C=O)c(=O)n1CCCCCCOC#N.N#COCCCCCCn1c(=O)n(CCCCCCN=C=O)c(=O)n(CCCCCCN=C=O)c1=O. The van der Waals surface area contributed by atoms with Crippen LogP contribution in [0.15, 0.2) is 48.4 Å². The maximum absolute atomic E-state index is 13.1. The second-order valence-electron chi connectivity index (χ2n) is 16.7. The van der Waals surface area contributed by atoms with Crippen molar-refractivity contribution in [1.82, 2.24) is 22.8 Å². The lowest BCUT2D eigenvalue weighted by molar-refractivity contribution is 0.258. The third-order valence-electron chi connectivity index (χ3n) is 11.3. The Morgan fingerprint density at radius 3 is 1.10 bits per heavy atom. The van der Waals surface area contributed by atoms with Crippen LogP contribution in [0.2, 0.25) is 0 Å². The Morgan fingerprint density at radius 1 is 0.414 bits per heavy atom. The minimum absolute atomic E-state index is 0.0984. The number of carbonyl (C=O) groups excluding carboxylic acids is 3. The predicted molar refractivity (Wildman–Crippen MR) is 260 cm³/mol. The van der Waals surface area contributed by atoms with Crippen LogP contribution < -0.4 is 34.2 Å². The molecule has 0 spiro atoms. The molecule has 22 heteroatoms. The smallest absolute Gasteiger partial charge is 0.425 e. The van der Waals surface area contributed by atoms with Crippen LogP contribution in [0, 0.1) is 23.0 Å². The largest absolute Gasteiger partial charge is 0.428 e. The molecule has 0 N–H and O–H groups in total.